The second kappa shape index (κ2) is 4.65. The molecule has 1 N–H and O–H groups in total. The van der Waals surface area contributed by atoms with E-state index in [9.17, 15) is 9.59 Å². The highest BCUT2D eigenvalue weighted by Gasteiger charge is 2.62. The molecule has 0 radical (unpaired) electrons. The van der Waals surface area contributed by atoms with Crippen molar-refractivity contribution in [3.05, 3.63) is 18.2 Å². The lowest BCUT2D eigenvalue weighted by Gasteiger charge is -2.61. The van der Waals surface area contributed by atoms with Crippen molar-refractivity contribution >= 4 is 11.7 Å². The fourth-order valence-electron chi connectivity index (χ4n) is 3.60. The Hall–Kier alpha value is -1.69. The fraction of sp³-hybridized carbons (Fsp3) is 0.688. The number of carbonyl (C=O) groups excluding carboxylic acids is 2. The van der Waals surface area contributed by atoms with Crippen LogP contribution in [0.5, 0.6) is 0 Å². The Labute approximate surface area is 129 Å². The van der Waals surface area contributed by atoms with Crippen molar-refractivity contribution in [1.82, 2.24) is 19.8 Å². The van der Waals surface area contributed by atoms with Gasteiger partial charge in [-0.3, -0.25) is 9.59 Å². The first-order valence-electron chi connectivity index (χ1n) is 8.11. The molecule has 2 saturated heterocycles. The summed E-state index contributed by atoms with van der Waals surface area (Å²) in [7, 11) is 0. The summed E-state index contributed by atoms with van der Waals surface area (Å²) in [5, 5.41) is 3.26. The van der Waals surface area contributed by atoms with Crippen LogP contribution in [0.2, 0.25) is 0 Å². The number of nitrogens with one attached hydrogen (secondary N) is 1. The normalized spacial score (nSPS) is 26.0. The predicted molar refractivity (Wildman–Crippen MR) is 80.5 cm³/mol. The fourth-order valence-corrected chi connectivity index (χ4v) is 3.60. The molecule has 1 saturated carbocycles. The summed E-state index contributed by atoms with van der Waals surface area (Å²) in [5.74, 6) is 0.353. The van der Waals surface area contributed by atoms with Crippen molar-refractivity contribution < 1.29 is 9.59 Å². The molecule has 1 aromatic heterocycles. The number of ketones is 1. The summed E-state index contributed by atoms with van der Waals surface area (Å²) >= 11 is 0. The van der Waals surface area contributed by atoms with E-state index in [2.05, 4.69) is 10.3 Å². The average molecular weight is 302 g/mol. The summed E-state index contributed by atoms with van der Waals surface area (Å²) in [6.07, 6.45) is 5.46. The van der Waals surface area contributed by atoms with Gasteiger partial charge in [-0.1, -0.05) is 0 Å². The van der Waals surface area contributed by atoms with Crippen molar-refractivity contribution in [1.29, 1.82) is 0 Å². The molecule has 3 heterocycles. The lowest BCUT2D eigenvalue weighted by molar-refractivity contribution is -0.147. The van der Waals surface area contributed by atoms with Gasteiger partial charge in [-0.2, -0.15) is 0 Å². The number of amides is 1. The molecule has 118 valence electrons. The van der Waals surface area contributed by atoms with Gasteiger partial charge in [0.2, 0.25) is 0 Å². The zero-order valence-electron chi connectivity index (χ0n) is 13.1. The number of hydrogen-bond donors (Lipinski definition) is 1. The molecule has 3 fully saturated rings. The molecular formula is C16H22N4O2. The van der Waals surface area contributed by atoms with Gasteiger partial charge in [-0.05, 0) is 26.7 Å². The third-order valence-corrected chi connectivity index (χ3v) is 5.26. The van der Waals surface area contributed by atoms with E-state index in [1.54, 1.807) is 17.4 Å². The Morgan fingerprint density at radius 1 is 1.36 bits per heavy atom. The molecule has 0 bridgehead atoms. The quantitative estimate of drug-likeness (QED) is 0.895. The first-order chi connectivity index (χ1) is 10.5. The van der Waals surface area contributed by atoms with Crippen molar-refractivity contribution in [3.63, 3.8) is 0 Å². The first-order valence-corrected chi connectivity index (χ1v) is 8.11. The smallest absolute Gasteiger partial charge is 0.274 e. The Balaban J connectivity index is 1.55. The van der Waals surface area contributed by atoms with Crippen molar-refractivity contribution in [2.45, 2.75) is 38.8 Å². The molecule has 1 unspecified atom stereocenters. The van der Waals surface area contributed by atoms with Crippen LogP contribution in [0.25, 0.3) is 0 Å². The predicted octanol–water partition coefficient (Wildman–Crippen LogP) is 0.857. The monoisotopic (exact) mass is 302 g/mol. The Morgan fingerprint density at radius 3 is 2.59 bits per heavy atom. The van der Waals surface area contributed by atoms with E-state index in [4.69, 9.17) is 0 Å². The van der Waals surface area contributed by atoms with E-state index in [0.717, 1.165) is 25.9 Å². The van der Waals surface area contributed by atoms with E-state index in [0.29, 0.717) is 12.2 Å². The highest BCUT2D eigenvalue weighted by atomic mass is 16.2. The number of rotatable bonds is 4. The molecule has 22 heavy (non-hydrogen) atoms. The average Bonchev–Trinajstić information content (AvgIpc) is 3.12. The summed E-state index contributed by atoms with van der Waals surface area (Å²) < 4.78 is 1.92. The van der Waals surface area contributed by atoms with E-state index < -0.39 is 0 Å². The maximum absolute atomic E-state index is 12.7. The van der Waals surface area contributed by atoms with Gasteiger partial charge in [-0.15, -0.1) is 0 Å². The zero-order valence-corrected chi connectivity index (χ0v) is 13.1. The second-order valence-electron chi connectivity index (χ2n) is 7.28. The lowest BCUT2D eigenvalue weighted by atomic mass is 9.64. The minimum Gasteiger partial charge on any atom is -0.334 e. The molecule has 6 heteroatoms. The number of likely N-dealkylation sites (tertiary alicyclic amines) is 1. The van der Waals surface area contributed by atoms with Crippen LogP contribution in [0, 0.1) is 11.3 Å². The van der Waals surface area contributed by atoms with Gasteiger partial charge in [-0.25, -0.2) is 4.98 Å². The van der Waals surface area contributed by atoms with Gasteiger partial charge >= 0.3 is 0 Å². The van der Waals surface area contributed by atoms with E-state index >= 15 is 0 Å². The van der Waals surface area contributed by atoms with Gasteiger partial charge in [0.1, 0.15) is 11.7 Å². The van der Waals surface area contributed by atoms with Crippen LogP contribution in [0.1, 0.15) is 43.2 Å². The Kier molecular flexibility index (Phi) is 2.95. The summed E-state index contributed by atoms with van der Waals surface area (Å²) in [6, 6.07) is 0.0365. The highest BCUT2D eigenvalue weighted by molar-refractivity contribution is 6.00. The molecule has 2 aliphatic heterocycles. The summed E-state index contributed by atoms with van der Waals surface area (Å²) in [6.45, 7) is 6.47. The summed E-state index contributed by atoms with van der Waals surface area (Å²) in [4.78, 5) is 31.3. The van der Waals surface area contributed by atoms with E-state index in [1.807, 2.05) is 18.4 Å². The van der Waals surface area contributed by atoms with Gasteiger partial charge in [0.25, 0.3) is 5.91 Å². The number of Topliss-reactive ketones (excluding diaryl/α,β-unsaturated/α-hetero) is 1. The van der Waals surface area contributed by atoms with E-state index in [-0.39, 0.29) is 35.1 Å². The highest BCUT2D eigenvalue weighted by Crippen LogP contribution is 2.46. The maximum atomic E-state index is 12.7. The van der Waals surface area contributed by atoms with Crippen molar-refractivity contribution in [2.75, 3.05) is 19.6 Å². The molecule has 3 aliphatic rings. The molecule has 6 nitrogen and oxygen atoms in total. The SMILES string of the molecule is CC(C)n1cnc(C(=O)N2CC3(CNC3)C2C(=O)C2CC2)c1. The summed E-state index contributed by atoms with van der Waals surface area (Å²) in [5.41, 5.74) is 0.445. The minimum atomic E-state index is -0.238. The molecule has 1 amide bonds. The largest absolute Gasteiger partial charge is 0.334 e. The van der Waals surface area contributed by atoms with Crippen molar-refractivity contribution in [2.24, 2.45) is 11.3 Å². The third-order valence-electron chi connectivity index (χ3n) is 5.26. The molecule has 1 spiro atoms. The number of carbonyl (C=O) groups is 2. The molecule has 1 atom stereocenters. The number of imidazole rings is 1. The minimum absolute atomic E-state index is 0.00402. The first kappa shape index (κ1) is 13.9. The third kappa shape index (κ3) is 1.93. The van der Waals surface area contributed by atoms with Gasteiger partial charge in [0.15, 0.2) is 5.78 Å². The number of aromatic nitrogens is 2. The maximum Gasteiger partial charge on any atom is 0.274 e. The molecular weight excluding hydrogens is 280 g/mol. The number of hydrogen-bond acceptors (Lipinski definition) is 4. The van der Waals surface area contributed by atoms with Crippen LogP contribution in [0.4, 0.5) is 0 Å². The van der Waals surface area contributed by atoms with Gasteiger partial charge in [0.05, 0.1) is 6.33 Å². The standard InChI is InChI=1S/C16H22N4O2/c1-10(2)19-5-12(18-9-19)15(22)20-8-16(6-17-7-16)14(20)13(21)11-3-4-11/h5,9-11,14,17H,3-4,6-8H2,1-2H3. The van der Waals surface area contributed by atoms with Crippen LogP contribution in [-0.2, 0) is 4.79 Å². The molecule has 1 aromatic rings. The molecule has 1 aliphatic carbocycles. The number of nitrogens with zero attached hydrogens (tertiary/aromatic N) is 3. The van der Waals surface area contributed by atoms with Gasteiger partial charge < -0.3 is 14.8 Å². The second-order valence-corrected chi connectivity index (χ2v) is 7.28. The zero-order chi connectivity index (χ0) is 15.5. The Morgan fingerprint density at radius 2 is 2.09 bits per heavy atom. The van der Waals surface area contributed by atoms with Gasteiger partial charge in [0, 0.05) is 43.2 Å². The topological polar surface area (TPSA) is 67.2 Å². The molecule has 4 rings (SSSR count). The Bertz CT molecular complexity index is 628. The van der Waals surface area contributed by atoms with Crippen LogP contribution in [-0.4, -0.2) is 51.8 Å². The van der Waals surface area contributed by atoms with Crippen molar-refractivity contribution in [3.8, 4) is 0 Å². The molecule has 0 aromatic carbocycles. The van der Waals surface area contributed by atoms with Crippen LogP contribution in [0.15, 0.2) is 12.5 Å². The van der Waals surface area contributed by atoms with Crippen LogP contribution in [0.3, 0.4) is 0 Å². The van der Waals surface area contributed by atoms with Crippen LogP contribution >= 0.6 is 0 Å². The van der Waals surface area contributed by atoms with Crippen LogP contribution < -0.4 is 5.32 Å². The van der Waals surface area contributed by atoms with E-state index in [1.165, 1.54) is 0 Å². The lowest BCUT2D eigenvalue weighted by Crippen LogP contribution is -2.79.